The lowest BCUT2D eigenvalue weighted by atomic mass is 10.1. The van der Waals surface area contributed by atoms with Crippen LogP contribution in [0.25, 0.3) is 0 Å². The quantitative estimate of drug-likeness (QED) is 0.867. The van der Waals surface area contributed by atoms with Gasteiger partial charge in [0.15, 0.2) is 5.82 Å². The van der Waals surface area contributed by atoms with Gasteiger partial charge in [-0.3, -0.25) is 4.79 Å². The minimum absolute atomic E-state index is 0.116. The van der Waals surface area contributed by atoms with Crippen molar-refractivity contribution in [2.24, 2.45) is 0 Å². The third-order valence-electron chi connectivity index (χ3n) is 2.88. The van der Waals surface area contributed by atoms with Crippen molar-refractivity contribution in [2.45, 2.75) is 20.3 Å². The van der Waals surface area contributed by atoms with Gasteiger partial charge in [0.1, 0.15) is 0 Å². The molecule has 0 aliphatic carbocycles. The molecular formula is C14H18N4O2. The number of anilines is 1. The van der Waals surface area contributed by atoms with Crippen molar-refractivity contribution < 1.29 is 9.32 Å². The standard InChI is InChI=1S/C14H18N4O2/c1-9-4-5-12(15-3)11(8-9)14(19)16-7-6-13-17-10(2)18-20-13/h4-5,8,15H,6-7H2,1-3H3,(H,16,19). The summed E-state index contributed by atoms with van der Waals surface area (Å²) >= 11 is 0. The fourth-order valence-electron chi connectivity index (χ4n) is 1.88. The van der Waals surface area contributed by atoms with Crippen LogP contribution in [0.4, 0.5) is 5.69 Å². The number of aromatic nitrogens is 2. The average molecular weight is 274 g/mol. The van der Waals surface area contributed by atoms with Gasteiger partial charge in [0.2, 0.25) is 5.89 Å². The summed E-state index contributed by atoms with van der Waals surface area (Å²) in [6.45, 7) is 4.17. The molecule has 0 aliphatic rings. The highest BCUT2D eigenvalue weighted by Gasteiger charge is 2.11. The summed E-state index contributed by atoms with van der Waals surface area (Å²) in [5.74, 6) is 1.01. The number of hydrogen-bond donors (Lipinski definition) is 2. The van der Waals surface area contributed by atoms with Crippen molar-refractivity contribution in [3.05, 3.63) is 41.0 Å². The van der Waals surface area contributed by atoms with Gasteiger partial charge in [-0.25, -0.2) is 0 Å². The molecule has 0 unspecified atom stereocenters. The highest BCUT2D eigenvalue weighted by molar-refractivity contribution is 5.99. The Hall–Kier alpha value is -2.37. The second-order valence-electron chi connectivity index (χ2n) is 4.54. The molecule has 0 spiro atoms. The smallest absolute Gasteiger partial charge is 0.253 e. The van der Waals surface area contributed by atoms with Gasteiger partial charge in [-0.2, -0.15) is 4.98 Å². The summed E-state index contributed by atoms with van der Waals surface area (Å²) in [5, 5.41) is 9.57. The maximum Gasteiger partial charge on any atom is 0.253 e. The maximum absolute atomic E-state index is 12.2. The number of carbonyl (C=O) groups is 1. The number of rotatable bonds is 5. The van der Waals surface area contributed by atoms with Gasteiger partial charge in [-0.1, -0.05) is 16.8 Å². The molecule has 6 nitrogen and oxygen atoms in total. The van der Waals surface area contributed by atoms with Crippen LogP contribution in [0.15, 0.2) is 22.7 Å². The van der Waals surface area contributed by atoms with Crippen LogP contribution in [0, 0.1) is 13.8 Å². The lowest BCUT2D eigenvalue weighted by molar-refractivity contribution is 0.0954. The zero-order valence-corrected chi connectivity index (χ0v) is 11.9. The van der Waals surface area contributed by atoms with Crippen molar-refractivity contribution in [2.75, 3.05) is 18.9 Å². The van der Waals surface area contributed by atoms with Crippen LogP contribution in [0.2, 0.25) is 0 Å². The van der Waals surface area contributed by atoms with E-state index in [0.29, 0.717) is 30.2 Å². The molecule has 1 aromatic heterocycles. The van der Waals surface area contributed by atoms with Gasteiger partial charge in [0, 0.05) is 25.7 Å². The van der Waals surface area contributed by atoms with E-state index < -0.39 is 0 Å². The summed E-state index contributed by atoms with van der Waals surface area (Å²) in [4.78, 5) is 16.2. The molecule has 2 rings (SSSR count). The summed E-state index contributed by atoms with van der Waals surface area (Å²) in [5.41, 5.74) is 2.48. The molecule has 0 fully saturated rings. The Balaban J connectivity index is 1.96. The molecule has 0 saturated heterocycles. The fourth-order valence-corrected chi connectivity index (χ4v) is 1.88. The lowest BCUT2D eigenvalue weighted by Crippen LogP contribution is -2.26. The SMILES string of the molecule is CNc1ccc(C)cc1C(=O)NCCc1nc(C)no1. The van der Waals surface area contributed by atoms with Crippen LogP contribution in [-0.2, 0) is 6.42 Å². The highest BCUT2D eigenvalue weighted by atomic mass is 16.5. The molecule has 1 heterocycles. The minimum atomic E-state index is -0.116. The number of carbonyl (C=O) groups excluding carboxylic acids is 1. The Morgan fingerprint density at radius 1 is 1.35 bits per heavy atom. The number of hydrogen-bond acceptors (Lipinski definition) is 5. The molecule has 106 valence electrons. The highest BCUT2D eigenvalue weighted by Crippen LogP contribution is 2.16. The van der Waals surface area contributed by atoms with Gasteiger partial charge in [0.05, 0.1) is 5.56 Å². The number of amides is 1. The Bertz CT molecular complexity index is 607. The monoisotopic (exact) mass is 274 g/mol. The molecule has 20 heavy (non-hydrogen) atoms. The van der Waals surface area contributed by atoms with Crippen molar-refractivity contribution >= 4 is 11.6 Å². The summed E-state index contributed by atoms with van der Waals surface area (Å²) in [7, 11) is 1.79. The third-order valence-corrected chi connectivity index (χ3v) is 2.88. The zero-order chi connectivity index (χ0) is 14.5. The van der Waals surface area contributed by atoms with E-state index in [1.54, 1.807) is 14.0 Å². The molecule has 1 amide bonds. The van der Waals surface area contributed by atoms with E-state index in [0.717, 1.165) is 11.3 Å². The number of nitrogens with zero attached hydrogens (tertiary/aromatic N) is 2. The average Bonchev–Trinajstić information content (AvgIpc) is 2.84. The predicted molar refractivity (Wildman–Crippen MR) is 75.8 cm³/mol. The second kappa shape index (κ2) is 6.18. The first kappa shape index (κ1) is 14.0. The molecule has 0 saturated carbocycles. The topological polar surface area (TPSA) is 80.0 Å². The predicted octanol–water partition coefficient (Wildman–Crippen LogP) is 1.70. The fraction of sp³-hybridized carbons (Fsp3) is 0.357. The van der Waals surface area contributed by atoms with Crippen LogP contribution < -0.4 is 10.6 Å². The Morgan fingerprint density at radius 3 is 2.80 bits per heavy atom. The van der Waals surface area contributed by atoms with Gasteiger partial charge in [-0.05, 0) is 26.0 Å². The van der Waals surface area contributed by atoms with E-state index in [1.165, 1.54) is 0 Å². The van der Waals surface area contributed by atoms with Crippen LogP contribution in [0.3, 0.4) is 0 Å². The normalized spacial score (nSPS) is 10.3. The Morgan fingerprint density at radius 2 is 2.15 bits per heavy atom. The van der Waals surface area contributed by atoms with Gasteiger partial charge in [-0.15, -0.1) is 0 Å². The number of nitrogens with one attached hydrogen (secondary N) is 2. The first-order chi connectivity index (χ1) is 9.60. The Labute approximate surface area is 117 Å². The Kier molecular flexibility index (Phi) is 4.34. The van der Waals surface area contributed by atoms with Gasteiger partial charge < -0.3 is 15.2 Å². The summed E-state index contributed by atoms with van der Waals surface area (Å²) in [6, 6.07) is 5.72. The van der Waals surface area contributed by atoms with E-state index in [1.807, 2.05) is 25.1 Å². The van der Waals surface area contributed by atoms with Crippen molar-refractivity contribution in [3.63, 3.8) is 0 Å². The van der Waals surface area contributed by atoms with Gasteiger partial charge >= 0.3 is 0 Å². The molecule has 0 aliphatic heterocycles. The number of benzene rings is 1. The first-order valence-electron chi connectivity index (χ1n) is 6.46. The van der Waals surface area contributed by atoms with Gasteiger partial charge in [0.25, 0.3) is 5.91 Å². The molecule has 2 N–H and O–H groups in total. The lowest BCUT2D eigenvalue weighted by Gasteiger charge is -2.10. The molecule has 0 bridgehead atoms. The van der Waals surface area contributed by atoms with Crippen molar-refractivity contribution in [1.29, 1.82) is 0 Å². The number of aryl methyl sites for hydroxylation is 2. The first-order valence-corrected chi connectivity index (χ1v) is 6.46. The minimum Gasteiger partial charge on any atom is -0.387 e. The van der Waals surface area contributed by atoms with Crippen LogP contribution in [-0.4, -0.2) is 29.6 Å². The molecular weight excluding hydrogens is 256 g/mol. The van der Waals surface area contributed by atoms with Crippen LogP contribution in [0.5, 0.6) is 0 Å². The third kappa shape index (κ3) is 3.34. The summed E-state index contributed by atoms with van der Waals surface area (Å²) in [6.07, 6.45) is 0.521. The maximum atomic E-state index is 12.2. The van der Waals surface area contributed by atoms with E-state index in [-0.39, 0.29) is 5.91 Å². The molecule has 6 heteroatoms. The van der Waals surface area contributed by atoms with Crippen LogP contribution >= 0.6 is 0 Å². The van der Waals surface area contributed by atoms with Crippen molar-refractivity contribution in [3.8, 4) is 0 Å². The molecule has 2 aromatic rings. The largest absolute Gasteiger partial charge is 0.387 e. The molecule has 0 atom stereocenters. The zero-order valence-electron chi connectivity index (χ0n) is 11.9. The van der Waals surface area contributed by atoms with E-state index in [9.17, 15) is 4.79 Å². The van der Waals surface area contributed by atoms with E-state index in [2.05, 4.69) is 20.8 Å². The second-order valence-corrected chi connectivity index (χ2v) is 4.54. The van der Waals surface area contributed by atoms with Crippen LogP contribution in [0.1, 0.15) is 27.6 Å². The molecule has 0 radical (unpaired) electrons. The summed E-state index contributed by atoms with van der Waals surface area (Å²) < 4.78 is 4.99. The van der Waals surface area contributed by atoms with Crippen molar-refractivity contribution in [1.82, 2.24) is 15.5 Å². The van der Waals surface area contributed by atoms with E-state index in [4.69, 9.17) is 4.52 Å². The molecule has 1 aromatic carbocycles. The van der Waals surface area contributed by atoms with E-state index >= 15 is 0 Å².